The maximum absolute atomic E-state index is 12.5. The van der Waals surface area contributed by atoms with Crippen LogP contribution in [-0.4, -0.2) is 25.5 Å². The zero-order valence-electron chi connectivity index (χ0n) is 16.5. The Bertz CT molecular complexity index is 1090. The molecule has 150 valence electrons. The summed E-state index contributed by atoms with van der Waals surface area (Å²) in [5, 5.41) is 14.5. The Balaban J connectivity index is 1.58. The van der Waals surface area contributed by atoms with E-state index < -0.39 is 0 Å². The fraction of sp³-hybridized carbons (Fsp3) is 0.125. The molecule has 0 aromatic heterocycles. The topological polar surface area (TPSA) is 91.2 Å². The summed E-state index contributed by atoms with van der Waals surface area (Å²) in [5.41, 5.74) is 2.94. The molecule has 2 amide bonds. The van der Waals surface area contributed by atoms with Crippen molar-refractivity contribution in [2.75, 3.05) is 19.0 Å². The Kier molecular flexibility index (Phi) is 6.80. The third kappa shape index (κ3) is 5.46. The van der Waals surface area contributed by atoms with Gasteiger partial charge in [0.2, 0.25) is 0 Å². The van der Waals surface area contributed by atoms with Gasteiger partial charge in [0.15, 0.2) is 0 Å². The van der Waals surface area contributed by atoms with Gasteiger partial charge in [-0.3, -0.25) is 9.59 Å². The molecule has 0 spiro atoms. The lowest BCUT2D eigenvalue weighted by Crippen LogP contribution is -2.26. The van der Waals surface area contributed by atoms with E-state index in [0.29, 0.717) is 35.3 Å². The molecule has 0 unspecified atom stereocenters. The molecule has 0 radical (unpaired) electrons. The molecule has 0 aliphatic rings. The van der Waals surface area contributed by atoms with Gasteiger partial charge in [-0.15, -0.1) is 0 Å². The van der Waals surface area contributed by atoms with Crippen LogP contribution in [-0.2, 0) is 6.42 Å². The van der Waals surface area contributed by atoms with Crippen molar-refractivity contribution in [2.45, 2.75) is 6.42 Å². The van der Waals surface area contributed by atoms with Gasteiger partial charge in [-0.2, -0.15) is 5.26 Å². The SMILES string of the molecule is COc1cccc(CCNC(=O)c2cccc(C(=O)Nc3ccc(C#N)cc3)c2)c1. The summed E-state index contributed by atoms with van der Waals surface area (Å²) in [4.78, 5) is 24.9. The molecule has 2 N–H and O–H groups in total. The lowest BCUT2D eigenvalue weighted by atomic mass is 10.1. The van der Waals surface area contributed by atoms with E-state index in [1.807, 2.05) is 30.3 Å². The molecule has 6 heteroatoms. The van der Waals surface area contributed by atoms with E-state index in [4.69, 9.17) is 10.00 Å². The van der Waals surface area contributed by atoms with E-state index in [-0.39, 0.29) is 11.8 Å². The van der Waals surface area contributed by atoms with Crippen LogP contribution < -0.4 is 15.4 Å². The zero-order chi connectivity index (χ0) is 21.3. The minimum atomic E-state index is -0.328. The van der Waals surface area contributed by atoms with Gasteiger partial charge in [-0.05, 0) is 66.6 Å². The Morgan fingerprint density at radius 2 is 1.63 bits per heavy atom. The Morgan fingerprint density at radius 1 is 0.933 bits per heavy atom. The standard InChI is InChI=1S/C24H21N3O3/c1-30-22-7-2-4-17(14-22)12-13-26-23(28)19-5-3-6-20(15-19)24(29)27-21-10-8-18(16-25)9-11-21/h2-11,14-15H,12-13H2,1H3,(H,26,28)(H,27,29). The van der Waals surface area contributed by atoms with Gasteiger partial charge in [0.1, 0.15) is 5.75 Å². The van der Waals surface area contributed by atoms with E-state index >= 15 is 0 Å². The van der Waals surface area contributed by atoms with Crippen molar-refractivity contribution in [1.29, 1.82) is 5.26 Å². The summed E-state index contributed by atoms with van der Waals surface area (Å²) >= 11 is 0. The molecule has 3 rings (SSSR count). The second-order valence-corrected chi connectivity index (χ2v) is 6.58. The van der Waals surface area contributed by atoms with Crippen molar-refractivity contribution in [2.24, 2.45) is 0 Å². The van der Waals surface area contributed by atoms with Gasteiger partial charge in [0, 0.05) is 23.4 Å². The molecular weight excluding hydrogens is 378 g/mol. The van der Waals surface area contributed by atoms with Gasteiger partial charge in [0.05, 0.1) is 18.7 Å². The van der Waals surface area contributed by atoms with Crippen LogP contribution in [0.4, 0.5) is 5.69 Å². The smallest absolute Gasteiger partial charge is 0.255 e. The van der Waals surface area contributed by atoms with Crippen molar-refractivity contribution in [3.63, 3.8) is 0 Å². The summed E-state index contributed by atoms with van der Waals surface area (Å²) in [6, 6.07) is 22.8. The number of anilines is 1. The number of rotatable bonds is 7. The van der Waals surface area contributed by atoms with E-state index in [9.17, 15) is 9.59 Å². The lowest BCUT2D eigenvalue weighted by Gasteiger charge is -2.09. The van der Waals surface area contributed by atoms with E-state index in [1.54, 1.807) is 55.6 Å². The molecule has 6 nitrogen and oxygen atoms in total. The highest BCUT2D eigenvalue weighted by Crippen LogP contribution is 2.14. The lowest BCUT2D eigenvalue weighted by molar-refractivity contribution is 0.0954. The van der Waals surface area contributed by atoms with Crippen LogP contribution in [0.2, 0.25) is 0 Å². The molecule has 0 heterocycles. The number of nitrogens with one attached hydrogen (secondary N) is 2. The largest absolute Gasteiger partial charge is 0.497 e. The molecule has 3 aromatic carbocycles. The second kappa shape index (κ2) is 9.89. The first-order valence-electron chi connectivity index (χ1n) is 9.42. The number of nitrogens with zero attached hydrogens (tertiary/aromatic N) is 1. The van der Waals surface area contributed by atoms with Crippen LogP contribution in [0.5, 0.6) is 5.75 Å². The number of nitriles is 1. The van der Waals surface area contributed by atoms with Crippen LogP contribution in [0.3, 0.4) is 0 Å². The van der Waals surface area contributed by atoms with Crippen LogP contribution in [0.1, 0.15) is 31.8 Å². The maximum Gasteiger partial charge on any atom is 0.255 e. The Hall–Kier alpha value is -4.11. The van der Waals surface area contributed by atoms with E-state index in [0.717, 1.165) is 11.3 Å². The number of methoxy groups -OCH3 is 1. The third-order valence-electron chi connectivity index (χ3n) is 4.49. The number of ether oxygens (including phenoxy) is 1. The van der Waals surface area contributed by atoms with Crippen LogP contribution >= 0.6 is 0 Å². The van der Waals surface area contributed by atoms with Crippen molar-refractivity contribution >= 4 is 17.5 Å². The Labute approximate surface area is 175 Å². The molecule has 3 aromatic rings. The van der Waals surface area contributed by atoms with Gasteiger partial charge < -0.3 is 15.4 Å². The highest BCUT2D eigenvalue weighted by Gasteiger charge is 2.11. The predicted octanol–water partition coefficient (Wildman–Crippen LogP) is 3.79. The first-order chi connectivity index (χ1) is 14.6. The highest BCUT2D eigenvalue weighted by molar-refractivity contribution is 6.06. The number of amides is 2. The molecular formula is C24H21N3O3. The second-order valence-electron chi connectivity index (χ2n) is 6.58. The minimum Gasteiger partial charge on any atom is -0.497 e. The highest BCUT2D eigenvalue weighted by atomic mass is 16.5. The van der Waals surface area contributed by atoms with E-state index in [2.05, 4.69) is 10.6 Å². The summed E-state index contributed by atoms with van der Waals surface area (Å²) in [5.74, 6) is 0.205. The molecule has 0 aliphatic carbocycles. The number of hydrogen-bond acceptors (Lipinski definition) is 4. The Morgan fingerprint density at radius 3 is 2.33 bits per heavy atom. The average Bonchev–Trinajstić information content (AvgIpc) is 2.79. The first kappa shape index (κ1) is 20.6. The normalized spacial score (nSPS) is 10.0. The van der Waals surface area contributed by atoms with Crippen LogP contribution in [0, 0.1) is 11.3 Å². The molecule has 0 saturated carbocycles. The van der Waals surface area contributed by atoms with E-state index in [1.165, 1.54) is 0 Å². The van der Waals surface area contributed by atoms with Gasteiger partial charge >= 0.3 is 0 Å². The molecule has 0 saturated heterocycles. The quantitative estimate of drug-likeness (QED) is 0.632. The fourth-order valence-electron chi connectivity index (χ4n) is 2.88. The first-order valence-corrected chi connectivity index (χ1v) is 9.42. The molecule has 0 atom stereocenters. The van der Waals surface area contributed by atoms with Gasteiger partial charge in [-0.1, -0.05) is 18.2 Å². The summed E-state index contributed by atoms with van der Waals surface area (Å²) in [6.07, 6.45) is 0.668. The number of benzene rings is 3. The summed E-state index contributed by atoms with van der Waals surface area (Å²) < 4.78 is 5.20. The monoisotopic (exact) mass is 399 g/mol. The van der Waals surface area contributed by atoms with Crippen LogP contribution in [0.25, 0.3) is 0 Å². The fourth-order valence-corrected chi connectivity index (χ4v) is 2.88. The number of carbonyl (C=O) groups is 2. The average molecular weight is 399 g/mol. The number of carbonyl (C=O) groups excluding carboxylic acids is 2. The van der Waals surface area contributed by atoms with Gasteiger partial charge in [0.25, 0.3) is 11.8 Å². The third-order valence-corrected chi connectivity index (χ3v) is 4.49. The number of hydrogen-bond donors (Lipinski definition) is 2. The molecule has 0 bridgehead atoms. The molecule has 0 fully saturated rings. The van der Waals surface area contributed by atoms with Crippen molar-refractivity contribution in [1.82, 2.24) is 5.32 Å². The summed E-state index contributed by atoms with van der Waals surface area (Å²) in [6.45, 7) is 0.466. The van der Waals surface area contributed by atoms with Crippen molar-refractivity contribution in [3.8, 4) is 11.8 Å². The maximum atomic E-state index is 12.5. The molecule has 30 heavy (non-hydrogen) atoms. The van der Waals surface area contributed by atoms with Crippen LogP contribution in [0.15, 0.2) is 72.8 Å². The summed E-state index contributed by atoms with van der Waals surface area (Å²) in [7, 11) is 1.62. The minimum absolute atomic E-state index is 0.245. The van der Waals surface area contributed by atoms with Gasteiger partial charge in [-0.25, -0.2) is 0 Å². The van der Waals surface area contributed by atoms with Crippen molar-refractivity contribution in [3.05, 3.63) is 95.1 Å². The van der Waals surface area contributed by atoms with Crippen molar-refractivity contribution < 1.29 is 14.3 Å². The predicted molar refractivity (Wildman–Crippen MR) is 115 cm³/mol. The zero-order valence-corrected chi connectivity index (χ0v) is 16.5. The molecule has 0 aliphatic heterocycles.